The first-order valence-corrected chi connectivity index (χ1v) is 12.6. The van der Waals surface area contributed by atoms with Crippen molar-refractivity contribution in [1.82, 2.24) is 0 Å². The van der Waals surface area contributed by atoms with Gasteiger partial charge >= 0.3 is 7.60 Å². The fourth-order valence-electron chi connectivity index (χ4n) is 3.18. The third-order valence-electron chi connectivity index (χ3n) is 4.45. The van der Waals surface area contributed by atoms with Gasteiger partial charge in [-0.15, -0.1) is 0 Å². The van der Waals surface area contributed by atoms with E-state index in [9.17, 15) is 14.2 Å². The van der Waals surface area contributed by atoms with Gasteiger partial charge in [-0.3, -0.25) is 4.57 Å². The molecule has 152 valence electrons. The molecule has 29 heavy (non-hydrogen) atoms. The number of rotatable bonds is 8. The first-order valence-electron chi connectivity index (χ1n) is 9.40. The Bertz CT molecular complexity index is 998. The molecule has 0 atom stereocenters. The number of phenolic OH excluding ortho intramolecular Hbond substituents is 1. The number of aromatic hydroxyl groups is 1. The molecule has 0 saturated carbocycles. The maximum atomic E-state index is 14.4. The average molecular weight is 430 g/mol. The molecule has 0 aliphatic heterocycles. The second-order valence-corrected chi connectivity index (χ2v) is 11.0. The van der Waals surface area contributed by atoms with Crippen molar-refractivity contribution in [2.45, 2.75) is 13.8 Å². The van der Waals surface area contributed by atoms with Crippen molar-refractivity contribution in [2.75, 3.05) is 13.2 Å². The van der Waals surface area contributed by atoms with Crippen molar-refractivity contribution < 1.29 is 23.3 Å². The summed E-state index contributed by atoms with van der Waals surface area (Å²) in [6, 6.07) is 22.5. The van der Waals surface area contributed by atoms with Gasteiger partial charge in [0.2, 0.25) is 0 Å². The van der Waals surface area contributed by atoms with E-state index in [1.807, 2.05) is 36.4 Å². The highest BCUT2D eigenvalue weighted by atomic mass is 31.2. The van der Waals surface area contributed by atoms with Gasteiger partial charge in [0.25, 0.3) is 0 Å². The quantitative estimate of drug-likeness (QED) is 0.549. The van der Waals surface area contributed by atoms with Crippen molar-refractivity contribution in [3.05, 3.63) is 78.9 Å². The summed E-state index contributed by atoms with van der Waals surface area (Å²) in [5.41, 5.74) is 0. The minimum Gasteiger partial charge on any atom is -0.507 e. The van der Waals surface area contributed by atoms with Gasteiger partial charge in [0.1, 0.15) is 5.75 Å². The standard InChI is InChI=1S/C22H24O5P2/c1-3-26-29(25,27-4-2)20-15-16-22(21(23)17-20)28(24,18-11-7-5-8-12-18)19-13-9-6-10-14-19/h5-17,23H,3-4H2,1-2H3. The fraction of sp³-hybridized carbons (Fsp3) is 0.182. The van der Waals surface area contributed by atoms with Crippen LogP contribution in [0, 0.1) is 0 Å². The molecule has 0 aromatic heterocycles. The Kier molecular flexibility index (Phi) is 6.77. The molecular formula is C22H24O5P2. The topological polar surface area (TPSA) is 72.8 Å². The molecule has 0 heterocycles. The van der Waals surface area contributed by atoms with Crippen LogP contribution in [0.4, 0.5) is 0 Å². The molecular weight excluding hydrogens is 406 g/mol. The lowest BCUT2D eigenvalue weighted by molar-refractivity contribution is 0.230. The molecule has 7 heteroatoms. The molecule has 3 rings (SSSR count). The molecule has 0 saturated heterocycles. The van der Waals surface area contributed by atoms with Gasteiger partial charge in [-0.1, -0.05) is 60.7 Å². The van der Waals surface area contributed by atoms with Gasteiger partial charge in [0.15, 0.2) is 7.14 Å². The molecule has 0 aliphatic carbocycles. The van der Waals surface area contributed by atoms with E-state index in [2.05, 4.69) is 0 Å². The predicted molar refractivity (Wildman–Crippen MR) is 118 cm³/mol. The van der Waals surface area contributed by atoms with E-state index in [0.717, 1.165) is 0 Å². The molecule has 0 bridgehead atoms. The minimum atomic E-state index is -3.56. The Hall–Kier alpha value is -2.16. The zero-order chi connectivity index (χ0) is 20.9. The molecule has 3 aromatic rings. The van der Waals surface area contributed by atoms with Crippen molar-refractivity contribution in [2.24, 2.45) is 0 Å². The van der Waals surface area contributed by atoms with Crippen LogP contribution in [0.5, 0.6) is 5.75 Å². The van der Waals surface area contributed by atoms with Gasteiger partial charge in [-0.25, -0.2) is 0 Å². The molecule has 0 unspecified atom stereocenters. The Morgan fingerprint density at radius 1 is 0.724 bits per heavy atom. The highest BCUT2D eigenvalue weighted by Crippen LogP contribution is 2.49. The van der Waals surface area contributed by atoms with E-state index in [0.29, 0.717) is 10.6 Å². The lowest BCUT2D eigenvalue weighted by Crippen LogP contribution is -2.26. The van der Waals surface area contributed by atoms with Crippen LogP contribution in [0.2, 0.25) is 0 Å². The monoisotopic (exact) mass is 430 g/mol. The normalized spacial score (nSPS) is 12.1. The highest BCUT2D eigenvalue weighted by Gasteiger charge is 2.34. The first kappa shape index (κ1) is 21.5. The molecule has 0 spiro atoms. The number of hydrogen-bond donors (Lipinski definition) is 1. The van der Waals surface area contributed by atoms with Gasteiger partial charge in [0, 0.05) is 10.6 Å². The largest absolute Gasteiger partial charge is 0.507 e. The molecule has 0 radical (unpaired) electrons. The van der Waals surface area contributed by atoms with Crippen molar-refractivity contribution in [3.63, 3.8) is 0 Å². The highest BCUT2D eigenvalue weighted by molar-refractivity contribution is 7.85. The Morgan fingerprint density at radius 2 is 1.21 bits per heavy atom. The van der Waals surface area contributed by atoms with Crippen molar-refractivity contribution in [3.8, 4) is 5.75 Å². The molecule has 0 amide bonds. The van der Waals surface area contributed by atoms with Crippen molar-refractivity contribution >= 4 is 36.0 Å². The van der Waals surface area contributed by atoms with E-state index in [1.54, 1.807) is 50.2 Å². The minimum absolute atomic E-state index is 0.201. The number of phenols is 1. The second-order valence-electron chi connectivity index (χ2n) is 6.29. The lowest BCUT2D eigenvalue weighted by Gasteiger charge is -2.22. The van der Waals surface area contributed by atoms with Gasteiger partial charge in [0.05, 0.1) is 23.8 Å². The van der Waals surface area contributed by atoms with E-state index in [4.69, 9.17) is 9.05 Å². The molecule has 3 aromatic carbocycles. The average Bonchev–Trinajstić information content (AvgIpc) is 2.75. The van der Waals surface area contributed by atoms with E-state index in [-0.39, 0.29) is 29.6 Å². The molecule has 5 nitrogen and oxygen atoms in total. The van der Waals surface area contributed by atoms with Crippen molar-refractivity contribution in [1.29, 1.82) is 0 Å². The van der Waals surface area contributed by atoms with Gasteiger partial charge < -0.3 is 18.7 Å². The summed E-state index contributed by atoms with van der Waals surface area (Å²) in [7, 11) is -6.90. The summed E-state index contributed by atoms with van der Waals surface area (Å²) in [5.74, 6) is -0.210. The zero-order valence-corrected chi connectivity index (χ0v) is 18.2. The van der Waals surface area contributed by atoms with E-state index >= 15 is 0 Å². The van der Waals surface area contributed by atoms with Crippen LogP contribution in [0.25, 0.3) is 0 Å². The molecule has 1 N–H and O–H groups in total. The summed E-state index contributed by atoms with van der Waals surface area (Å²) in [6.45, 7) is 3.84. The SMILES string of the molecule is CCOP(=O)(OCC)c1ccc(P(=O)(c2ccccc2)c2ccccc2)c(O)c1. The van der Waals surface area contributed by atoms with E-state index in [1.165, 1.54) is 6.07 Å². The van der Waals surface area contributed by atoms with Crippen LogP contribution in [0.3, 0.4) is 0 Å². The Morgan fingerprint density at radius 3 is 1.62 bits per heavy atom. The van der Waals surface area contributed by atoms with E-state index < -0.39 is 14.7 Å². The third kappa shape index (κ3) is 4.24. The van der Waals surface area contributed by atoms with Crippen LogP contribution < -0.4 is 21.2 Å². The van der Waals surface area contributed by atoms with Crippen LogP contribution >= 0.6 is 14.7 Å². The van der Waals surface area contributed by atoms with Crippen LogP contribution in [-0.4, -0.2) is 18.3 Å². The smallest absolute Gasteiger partial charge is 0.361 e. The summed E-state index contributed by atoms with van der Waals surface area (Å²) in [4.78, 5) is 0. The molecule has 0 fully saturated rings. The number of hydrogen-bond acceptors (Lipinski definition) is 5. The zero-order valence-electron chi connectivity index (χ0n) is 16.4. The summed E-state index contributed by atoms with van der Waals surface area (Å²) in [5, 5.41) is 12.6. The lowest BCUT2D eigenvalue weighted by atomic mass is 10.3. The number of benzene rings is 3. The Balaban J connectivity index is 2.18. The Labute approximate surface area is 171 Å². The third-order valence-corrected chi connectivity index (χ3v) is 9.67. The predicted octanol–water partition coefficient (Wildman–Crippen LogP) is 3.92. The van der Waals surface area contributed by atoms with Crippen LogP contribution in [0.1, 0.15) is 13.8 Å². The van der Waals surface area contributed by atoms with Gasteiger partial charge in [-0.05, 0) is 32.0 Å². The summed E-state index contributed by atoms with van der Waals surface area (Å²) >= 11 is 0. The van der Waals surface area contributed by atoms with Gasteiger partial charge in [-0.2, -0.15) is 0 Å². The summed E-state index contributed by atoms with van der Waals surface area (Å²) in [6.07, 6.45) is 0. The first-order chi connectivity index (χ1) is 14.0. The maximum absolute atomic E-state index is 14.4. The second kappa shape index (κ2) is 9.11. The fourth-order valence-corrected chi connectivity index (χ4v) is 7.48. The van der Waals surface area contributed by atoms with Crippen LogP contribution in [0.15, 0.2) is 78.9 Å². The van der Waals surface area contributed by atoms with Crippen LogP contribution in [-0.2, 0) is 18.2 Å². The molecule has 0 aliphatic rings. The maximum Gasteiger partial charge on any atom is 0.361 e. The summed E-state index contributed by atoms with van der Waals surface area (Å²) < 4.78 is 38.1.